The van der Waals surface area contributed by atoms with Gasteiger partial charge < -0.3 is 9.72 Å². The van der Waals surface area contributed by atoms with Gasteiger partial charge in [-0.05, 0) is 18.7 Å². The van der Waals surface area contributed by atoms with Crippen LogP contribution in [0, 0.1) is 13.5 Å². The number of aromatic nitrogens is 1. The molecule has 0 unspecified atom stereocenters. The monoisotopic (exact) mass is 239 g/mol. The summed E-state index contributed by atoms with van der Waals surface area (Å²) in [6.07, 6.45) is 3.10. The molecule has 0 fully saturated rings. The van der Waals surface area contributed by atoms with Crippen molar-refractivity contribution in [1.29, 1.82) is 0 Å². The largest absolute Gasteiger partial charge is 0.486 e. The number of hydrogen-bond donors (Lipinski definition) is 1. The van der Waals surface area contributed by atoms with Gasteiger partial charge >= 0.3 is 0 Å². The van der Waals surface area contributed by atoms with Gasteiger partial charge in [0, 0.05) is 5.56 Å². The SMILES string of the molecule is [C-]#[N+]c1c(-c2ccc(C)cc2)c[nH]c1N=COC. The summed E-state index contributed by atoms with van der Waals surface area (Å²) in [5.74, 6) is 0.516. The molecule has 4 heteroatoms. The van der Waals surface area contributed by atoms with E-state index in [1.807, 2.05) is 31.2 Å². The van der Waals surface area contributed by atoms with Crippen LogP contribution in [-0.4, -0.2) is 18.5 Å². The second-order valence-corrected chi connectivity index (χ2v) is 3.85. The maximum atomic E-state index is 7.26. The molecule has 0 spiro atoms. The fourth-order valence-electron chi connectivity index (χ4n) is 1.67. The average Bonchev–Trinajstić information content (AvgIpc) is 2.80. The standard InChI is InChI=1S/C14H13N3O/c1-10-4-6-11(7-5-10)12-8-16-14(13(12)15-2)17-9-18-3/h4-9,16H,1,3H3. The fraction of sp³-hybridized carbons (Fsp3) is 0.143. The third-order valence-electron chi connectivity index (χ3n) is 2.59. The number of nitrogens with zero attached hydrogens (tertiary/aromatic N) is 2. The molecule has 1 heterocycles. The zero-order valence-electron chi connectivity index (χ0n) is 10.3. The van der Waals surface area contributed by atoms with Crippen molar-refractivity contribution in [1.82, 2.24) is 4.98 Å². The summed E-state index contributed by atoms with van der Waals surface area (Å²) >= 11 is 0. The number of hydrogen-bond acceptors (Lipinski definition) is 2. The number of nitrogens with one attached hydrogen (secondary N) is 1. The summed E-state index contributed by atoms with van der Waals surface area (Å²) in [5, 5.41) is 0. The highest BCUT2D eigenvalue weighted by Crippen LogP contribution is 2.38. The molecule has 18 heavy (non-hydrogen) atoms. The Labute approximate surface area is 106 Å². The normalized spacial score (nSPS) is 10.5. The van der Waals surface area contributed by atoms with E-state index in [1.165, 1.54) is 19.1 Å². The van der Waals surface area contributed by atoms with E-state index in [2.05, 4.69) is 14.8 Å². The Morgan fingerprint density at radius 1 is 1.33 bits per heavy atom. The number of benzene rings is 1. The molecular weight excluding hydrogens is 226 g/mol. The van der Waals surface area contributed by atoms with Crippen LogP contribution in [0.4, 0.5) is 11.5 Å². The molecular formula is C14H13N3O. The van der Waals surface area contributed by atoms with Crippen LogP contribution >= 0.6 is 0 Å². The van der Waals surface area contributed by atoms with E-state index in [0.29, 0.717) is 11.5 Å². The second-order valence-electron chi connectivity index (χ2n) is 3.85. The summed E-state index contributed by atoms with van der Waals surface area (Å²) < 4.78 is 4.76. The lowest BCUT2D eigenvalue weighted by atomic mass is 10.1. The summed E-state index contributed by atoms with van der Waals surface area (Å²) in [4.78, 5) is 10.6. The van der Waals surface area contributed by atoms with Crippen LogP contribution in [-0.2, 0) is 4.74 Å². The molecule has 0 bridgehead atoms. The highest BCUT2D eigenvalue weighted by Gasteiger charge is 2.12. The van der Waals surface area contributed by atoms with E-state index in [1.54, 1.807) is 6.20 Å². The lowest BCUT2D eigenvalue weighted by Crippen LogP contribution is -1.76. The first kappa shape index (κ1) is 11.9. The van der Waals surface area contributed by atoms with Gasteiger partial charge in [-0.2, -0.15) is 0 Å². The van der Waals surface area contributed by atoms with Gasteiger partial charge in [-0.25, -0.2) is 9.84 Å². The highest BCUT2D eigenvalue weighted by atomic mass is 16.5. The first-order valence-electron chi connectivity index (χ1n) is 5.47. The smallest absolute Gasteiger partial charge is 0.237 e. The fourth-order valence-corrected chi connectivity index (χ4v) is 1.67. The minimum atomic E-state index is 0.507. The number of ether oxygens (including phenoxy) is 1. The zero-order valence-corrected chi connectivity index (χ0v) is 10.3. The van der Waals surface area contributed by atoms with Gasteiger partial charge in [0.05, 0.1) is 13.7 Å². The van der Waals surface area contributed by atoms with Crippen molar-refractivity contribution in [3.05, 3.63) is 47.4 Å². The second kappa shape index (κ2) is 5.19. The van der Waals surface area contributed by atoms with Gasteiger partial charge in [-0.3, -0.25) is 0 Å². The van der Waals surface area contributed by atoms with E-state index >= 15 is 0 Å². The Balaban J connectivity index is 2.46. The zero-order chi connectivity index (χ0) is 13.0. The van der Waals surface area contributed by atoms with Crippen molar-refractivity contribution in [3.63, 3.8) is 0 Å². The molecule has 0 aliphatic carbocycles. The van der Waals surface area contributed by atoms with Crippen LogP contribution in [0.5, 0.6) is 0 Å². The van der Waals surface area contributed by atoms with E-state index in [-0.39, 0.29) is 0 Å². The molecule has 2 aromatic rings. The van der Waals surface area contributed by atoms with Crippen LogP contribution in [0.25, 0.3) is 16.0 Å². The third kappa shape index (κ3) is 2.25. The lowest BCUT2D eigenvalue weighted by molar-refractivity contribution is 0.423. The topological polar surface area (TPSA) is 41.7 Å². The number of methoxy groups -OCH3 is 1. The number of aryl methyl sites for hydroxylation is 1. The van der Waals surface area contributed by atoms with Crippen LogP contribution < -0.4 is 0 Å². The molecule has 0 radical (unpaired) electrons. The van der Waals surface area contributed by atoms with Gasteiger partial charge in [0.2, 0.25) is 5.69 Å². The van der Waals surface area contributed by atoms with Crippen molar-refractivity contribution in [2.24, 2.45) is 4.99 Å². The maximum Gasteiger partial charge on any atom is 0.237 e. The van der Waals surface area contributed by atoms with Gasteiger partial charge in [-0.1, -0.05) is 29.8 Å². The van der Waals surface area contributed by atoms with E-state index in [4.69, 9.17) is 11.3 Å². The quantitative estimate of drug-likeness (QED) is 0.493. The molecule has 0 atom stereocenters. The van der Waals surface area contributed by atoms with Crippen LogP contribution in [0.3, 0.4) is 0 Å². The first-order valence-corrected chi connectivity index (χ1v) is 5.47. The molecule has 1 N–H and O–H groups in total. The predicted octanol–water partition coefficient (Wildman–Crippen LogP) is 3.85. The summed E-state index contributed by atoms with van der Waals surface area (Å²) in [5.41, 5.74) is 3.55. The summed E-state index contributed by atoms with van der Waals surface area (Å²) in [6, 6.07) is 8.04. The maximum absolute atomic E-state index is 7.26. The van der Waals surface area contributed by atoms with Gasteiger partial charge in [0.1, 0.15) is 5.82 Å². The van der Waals surface area contributed by atoms with E-state index < -0.39 is 0 Å². The van der Waals surface area contributed by atoms with Crippen molar-refractivity contribution < 1.29 is 4.74 Å². The molecule has 90 valence electrons. The van der Waals surface area contributed by atoms with Crippen molar-refractivity contribution in [2.75, 3.05) is 7.11 Å². The average molecular weight is 239 g/mol. The minimum absolute atomic E-state index is 0.507. The number of rotatable bonds is 3. The van der Waals surface area contributed by atoms with Gasteiger partial charge in [-0.15, -0.1) is 0 Å². The molecule has 0 aliphatic heterocycles. The first-order chi connectivity index (χ1) is 8.76. The number of aliphatic imine (C=N–C) groups is 1. The Kier molecular flexibility index (Phi) is 3.44. The molecule has 0 aliphatic rings. The molecule has 1 aromatic carbocycles. The van der Waals surface area contributed by atoms with Crippen LogP contribution in [0.2, 0.25) is 0 Å². The van der Waals surface area contributed by atoms with Crippen molar-refractivity contribution in [3.8, 4) is 11.1 Å². The third-order valence-corrected chi connectivity index (χ3v) is 2.59. The Morgan fingerprint density at radius 3 is 2.67 bits per heavy atom. The van der Waals surface area contributed by atoms with Crippen molar-refractivity contribution >= 4 is 17.9 Å². The Bertz CT molecular complexity index is 603. The highest BCUT2D eigenvalue weighted by molar-refractivity contribution is 5.86. The molecule has 0 saturated heterocycles. The Morgan fingerprint density at radius 2 is 2.06 bits per heavy atom. The molecule has 1 aromatic heterocycles. The van der Waals surface area contributed by atoms with Gasteiger partial charge in [0.15, 0.2) is 6.40 Å². The summed E-state index contributed by atoms with van der Waals surface area (Å²) in [7, 11) is 1.52. The predicted molar refractivity (Wildman–Crippen MR) is 72.4 cm³/mol. The lowest BCUT2D eigenvalue weighted by Gasteiger charge is -1.99. The Hall–Kier alpha value is -2.54. The van der Waals surface area contributed by atoms with E-state index in [9.17, 15) is 0 Å². The van der Waals surface area contributed by atoms with Crippen LogP contribution in [0.15, 0.2) is 35.5 Å². The van der Waals surface area contributed by atoms with Gasteiger partial charge in [0.25, 0.3) is 0 Å². The molecule has 4 nitrogen and oxygen atoms in total. The van der Waals surface area contributed by atoms with E-state index in [0.717, 1.165) is 11.1 Å². The number of aromatic amines is 1. The minimum Gasteiger partial charge on any atom is -0.486 e. The molecule has 0 amide bonds. The molecule has 2 rings (SSSR count). The van der Waals surface area contributed by atoms with Crippen molar-refractivity contribution in [2.45, 2.75) is 6.92 Å². The molecule has 0 saturated carbocycles. The van der Waals surface area contributed by atoms with Crippen LogP contribution in [0.1, 0.15) is 5.56 Å². The summed E-state index contributed by atoms with van der Waals surface area (Å²) in [6.45, 7) is 9.29. The number of H-pyrrole nitrogens is 1.